The normalized spacial score (nSPS) is 20.6. The van der Waals surface area contributed by atoms with Crippen molar-refractivity contribution in [2.45, 2.75) is 12.3 Å². The van der Waals surface area contributed by atoms with Gasteiger partial charge in [-0.1, -0.05) is 0 Å². The van der Waals surface area contributed by atoms with Gasteiger partial charge in [-0.25, -0.2) is 4.98 Å². The van der Waals surface area contributed by atoms with Gasteiger partial charge >= 0.3 is 0 Å². The molecule has 3 heterocycles. The Balaban J connectivity index is 2.13. The van der Waals surface area contributed by atoms with Crippen molar-refractivity contribution in [3.63, 3.8) is 0 Å². The molecule has 2 aliphatic heterocycles. The minimum atomic E-state index is -1.70. The van der Waals surface area contributed by atoms with Crippen LogP contribution in [0, 0.1) is 28.4 Å². The van der Waals surface area contributed by atoms with E-state index in [0.717, 1.165) is 0 Å². The Bertz CT molecular complexity index is 1050. The zero-order valence-electron chi connectivity index (χ0n) is 12.8. The topological polar surface area (TPSA) is 160 Å². The fourth-order valence-corrected chi connectivity index (χ4v) is 3.30. The molecule has 4 N–H and O–H groups in total. The van der Waals surface area contributed by atoms with E-state index in [1.807, 2.05) is 6.07 Å². The maximum atomic E-state index is 12.9. The number of non-ortho nitro benzene ring substituents is 1. The number of benzene rings is 1. The smallest absolute Gasteiger partial charge is 0.269 e. The second-order valence-electron chi connectivity index (χ2n) is 5.63. The first-order chi connectivity index (χ1) is 11.9. The number of nitrogens with two attached hydrogens (primary N) is 1. The molecule has 10 nitrogen and oxygen atoms in total. The first-order valence-electron chi connectivity index (χ1n) is 7.15. The molecule has 1 aromatic heterocycles. The number of nitrogens with zero attached hydrogens (tertiary/aromatic N) is 3. The van der Waals surface area contributed by atoms with Crippen LogP contribution in [0.5, 0.6) is 0 Å². The second-order valence-corrected chi connectivity index (χ2v) is 5.63. The first kappa shape index (κ1) is 14.7. The average Bonchev–Trinajstić information content (AvgIpc) is 3.06. The summed E-state index contributed by atoms with van der Waals surface area (Å²) in [4.78, 5) is 27.8. The highest BCUT2D eigenvalue weighted by Gasteiger charge is 2.58. The van der Waals surface area contributed by atoms with Crippen LogP contribution in [0.2, 0.25) is 0 Å². The summed E-state index contributed by atoms with van der Waals surface area (Å²) in [6.07, 6.45) is 0. The summed E-state index contributed by atoms with van der Waals surface area (Å²) in [5.41, 5.74) is 4.66. The van der Waals surface area contributed by atoms with E-state index in [9.17, 15) is 20.2 Å². The molecule has 0 radical (unpaired) electrons. The third-order valence-corrected chi connectivity index (χ3v) is 4.30. The molecule has 4 rings (SSSR count). The zero-order valence-corrected chi connectivity index (χ0v) is 12.8. The number of nitriles is 1. The number of oxazole rings is 1. The van der Waals surface area contributed by atoms with Crippen LogP contribution in [0.15, 0.2) is 34.0 Å². The number of hydrogen-bond donors (Lipinski definition) is 3. The number of hydrogen-bond acceptors (Lipinski definition) is 8. The fourth-order valence-electron chi connectivity index (χ4n) is 3.30. The molecule has 1 spiro atoms. The molecule has 0 saturated carbocycles. The van der Waals surface area contributed by atoms with Crippen molar-refractivity contribution >= 4 is 23.2 Å². The van der Waals surface area contributed by atoms with Gasteiger partial charge in [0.2, 0.25) is 11.8 Å². The van der Waals surface area contributed by atoms with Gasteiger partial charge in [-0.05, 0) is 6.07 Å². The molecule has 1 amide bonds. The molecule has 10 heteroatoms. The Morgan fingerprint density at radius 2 is 2.20 bits per heavy atom. The van der Waals surface area contributed by atoms with Crippen molar-refractivity contribution < 1.29 is 14.1 Å². The Labute approximate surface area is 140 Å². The molecule has 124 valence electrons. The number of aryl methyl sites for hydroxylation is 1. The predicted molar refractivity (Wildman–Crippen MR) is 84.2 cm³/mol. The average molecular weight is 338 g/mol. The zero-order chi connectivity index (χ0) is 17.9. The number of aromatic nitrogens is 1. The van der Waals surface area contributed by atoms with Crippen molar-refractivity contribution in [2.75, 3.05) is 10.6 Å². The molecular formula is C15H10N6O4. The van der Waals surface area contributed by atoms with Crippen molar-refractivity contribution in [1.29, 1.82) is 5.26 Å². The summed E-state index contributed by atoms with van der Waals surface area (Å²) in [7, 11) is 0. The highest BCUT2D eigenvalue weighted by molar-refractivity contribution is 6.13. The SMILES string of the molecule is Cc1nc2c(o1)NC(N)=C(C#N)[C@]21C(=O)Nc2ccc([N+](=O)[O-])cc21. The van der Waals surface area contributed by atoms with Gasteiger partial charge < -0.3 is 20.8 Å². The van der Waals surface area contributed by atoms with E-state index in [4.69, 9.17) is 10.2 Å². The summed E-state index contributed by atoms with van der Waals surface area (Å²) < 4.78 is 5.44. The maximum Gasteiger partial charge on any atom is 0.269 e. The third-order valence-electron chi connectivity index (χ3n) is 4.30. The quantitative estimate of drug-likeness (QED) is 0.517. The van der Waals surface area contributed by atoms with Crippen LogP contribution in [-0.4, -0.2) is 15.8 Å². The number of nitro groups is 1. The molecule has 1 atom stereocenters. The van der Waals surface area contributed by atoms with Gasteiger partial charge in [0.15, 0.2) is 11.3 Å². The Morgan fingerprint density at radius 1 is 1.44 bits per heavy atom. The molecule has 2 aliphatic rings. The van der Waals surface area contributed by atoms with E-state index < -0.39 is 16.2 Å². The lowest BCUT2D eigenvalue weighted by molar-refractivity contribution is -0.384. The Kier molecular flexibility index (Phi) is 2.69. The van der Waals surface area contributed by atoms with E-state index in [2.05, 4.69) is 15.6 Å². The Morgan fingerprint density at radius 3 is 2.88 bits per heavy atom. The third kappa shape index (κ3) is 1.66. The van der Waals surface area contributed by atoms with Crippen molar-refractivity contribution in [1.82, 2.24) is 4.98 Å². The van der Waals surface area contributed by atoms with Crippen LogP contribution in [0.4, 0.5) is 17.3 Å². The van der Waals surface area contributed by atoms with Gasteiger partial charge in [-0.3, -0.25) is 14.9 Å². The van der Waals surface area contributed by atoms with E-state index in [1.165, 1.54) is 18.2 Å². The molecule has 25 heavy (non-hydrogen) atoms. The van der Waals surface area contributed by atoms with Crippen LogP contribution in [0.3, 0.4) is 0 Å². The number of rotatable bonds is 1. The molecule has 2 aromatic rings. The minimum absolute atomic E-state index is 0.0688. The van der Waals surface area contributed by atoms with Gasteiger partial charge in [0.05, 0.1) is 10.5 Å². The molecule has 0 bridgehead atoms. The standard InChI is InChI=1S/C15H10N6O4/c1-6-18-11-13(25-6)20-12(17)9(5-16)15(11)8-4-7(21(23)24)2-3-10(8)19-14(15)22/h2-4,20H,17H2,1H3,(H,19,22)/t15-/m0/s1. The predicted octanol–water partition coefficient (Wildman–Crippen LogP) is 1.25. The maximum absolute atomic E-state index is 12.9. The van der Waals surface area contributed by atoms with Gasteiger partial charge in [0, 0.05) is 30.3 Å². The number of nitrogens with one attached hydrogen (secondary N) is 2. The summed E-state index contributed by atoms with van der Waals surface area (Å²) >= 11 is 0. The number of carbonyl (C=O) groups excluding carboxylic acids is 1. The first-order valence-corrected chi connectivity index (χ1v) is 7.15. The molecular weight excluding hydrogens is 328 g/mol. The summed E-state index contributed by atoms with van der Waals surface area (Å²) in [5.74, 6) is -0.252. The van der Waals surface area contributed by atoms with Crippen molar-refractivity contribution in [2.24, 2.45) is 5.73 Å². The highest BCUT2D eigenvalue weighted by atomic mass is 16.6. The van der Waals surface area contributed by atoms with Gasteiger partial charge in [-0.2, -0.15) is 5.26 Å². The number of amides is 1. The van der Waals surface area contributed by atoms with E-state index >= 15 is 0 Å². The summed E-state index contributed by atoms with van der Waals surface area (Å²) in [5, 5.41) is 26.2. The van der Waals surface area contributed by atoms with E-state index in [-0.39, 0.29) is 40.1 Å². The van der Waals surface area contributed by atoms with Crippen LogP contribution in [0.25, 0.3) is 0 Å². The molecule has 1 aromatic carbocycles. The molecule has 0 saturated heterocycles. The van der Waals surface area contributed by atoms with E-state index in [0.29, 0.717) is 5.69 Å². The molecule has 0 fully saturated rings. The van der Waals surface area contributed by atoms with Crippen LogP contribution in [0.1, 0.15) is 17.1 Å². The highest BCUT2D eigenvalue weighted by Crippen LogP contribution is 2.52. The minimum Gasteiger partial charge on any atom is -0.425 e. The lowest BCUT2D eigenvalue weighted by Gasteiger charge is -2.30. The van der Waals surface area contributed by atoms with Crippen LogP contribution >= 0.6 is 0 Å². The van der Waals surface area contributed by atoms with Gasteiger partial charge in [0.25, 0.3) is 5.69 Å². The van der Waals surface area contributed by atoms with Crippen LogP contribution in [-0.2, 0) is 10.2 Å². The van der Waals surface area contributed by atoms with Gasteiger partial charge in [-0.15, -0.1) is 0 Å². The number of carbonyl (C=O) groups is 1. The monoisotopic (exact) mass is 338 g/mol. The Hall–Kier alpha value is -3.87. The number of fused-ring (bicyclic) bond motifs is 4. The number of anilines is 2. The summed E-state index contributed by atoms with van der Waals surface area (Å²) in [6, 6.07) is 5.87. The molecule has 0 aliphatic carbocycles. The van der Waals surface area contributed by atoms with Crippen molar-refractivity contribution in [3.8, 4) is 6.07 Å². The largest absolute Gasteiger partial charge is 0.425 e. The second kappa shape index (κ2) is 4.57. The number of nitro benzene ring substituents is 1. The van der Waals surface area contributed by atoms with Crippen LogP contribution < -0.4 is 16.4 Å². The molecule has 0 unspecified atom stereocenters. The van der Waals surface area contributed by atoms with E-state index in [1.54, 1.807) is 6.92 Å². The lowest BCUT2D eigenvalue weighted by atomic mass is 9.71. The summed E-state index contributed by atoms with van der Waals surface area (Å²) in [6.45, 7) is 1.58. The fraction of sp³-hybridized carbons (Fsp3) is 0.133. The lowest BCUT2D eigenvalue weighted by Crippen LogP contribution is -2.43. The van der Waals surface area contributed by atoms with Crippen molar-refractivity contribution in [3.05, 3.63) is 56.9 Å². The van der Waals surface area contributed by atoms with Gasteiger partial charge in [0.1, 0.15) is 17.6 Å².